The SMILES string of the molecule is O=C(Cl)c1nc(I)c(OC(F)(F)F)cc1O. The number of carbonyl (C=O) groups is 1. The lowest BCUT2D eigenvalue weighted by Gasteiger charge is -2.10. The van der Waals surface area contributed by atoms with Crippen LogP contribution in [0.5, 0.6) is 11.5 Å². The van der Waals surface area contributed by atoms with E-state index < -0.39 is 28.8 Å². The molecule has 0 saturated heterocycles. The van der Waals surface area contributed by atoms with Crippen molar-refractivity contribution in [2.45, 2.75) is 6.36 Å². The Kier molecular flexibility index (Phi) is 3.84. The van der Waals surface area contributed by atoms with Gasteiger partial charge in [0, 0.05) is 6.07 Å². The van der Waals surface area contributed by atoms with E-state index in [0.717, 1.165) is 0 Å². The Hall–Kier alpha value is -0.770. The molecule has 0 aliphatic heterocycles. The van der Waals surface area contributed by atoms with Crippen molar-refractivity contribution in [3.63, 3.8) is 0 Å². The average Bonchev–Trinajstić information content (AvgIpc) is 2.07. The van der Waals surface area contributed by atoms with E-state index >= 15 is 0 Å². The number of aromatic nitrogens is 1. The number of carbonyl (C=O) groups excluding carboxylic acids is 1. The van der Waals surface area contributed by atoms with Crippen LogP contribution in [-0.4, -0.2) is 21.7 Å². The zero-order valence-electron chi connectivity index (χ0n) is 7.18. The summed E-state index contributed by atoms with van der Waals surface area (Å²) < 4.78 is 39.0. The summed E-state index contributed by atoms with van der Waals surface area (Å²) in [5.41, 5.74) is -0.527. The molecule has 9 heteroatoms. The summed E-state index contributed by atoms with van der Waals surface area (Å²) >= 11 is 6.46. The first kappa shape index (κ1) is 13.3. The fourth-order valence-electron chi connectivity index (χ4n) is 0.804. The highest BCUT2D eigenvalue weighted by molar-refractivity contribution is 14.1. The molecule has 0 unspecified atom stereocenters. The second kappa shape index (κ2) is 4.62. The molecule has 0 aliphatic rings. The highest BCUT2D eigenvalue weighted by Crippen LogP contribution is 2.31. The average molecular weight is 367 g/mol. The lowest BCUT2D eigenvalue weighted by molar-refractivity contribution is -0.275. The lowest BCUT2D eigenvalue weighted by atomic mass is 10.3. The molecule has 0 radical (unpaired) electrons. The van der Waals surface area contributed by atoms with E-state index in [1.165, 1.54) is 22.6 Å². The molecule has 0 aromatic carbocycles. The Morgan fingerprint density at radius 3 is 2.56 bits per heavy atom. The first-order valence-electron chi connectivity index (χ1n) is 3.56. The van der Waals surface area contributed by atoms with Crippen LogP contribution in [0.2, 0.25) is 0 Å². The molecule has 1 aromatic rings. The van der Waals surface area contributed by atoms with Crippen LogP contribution in [-0.2, 0) is 0 Å². The molecule has 0 aliphatic carbocycles. The molecule has 0 bridgehead atoms. The summed E-state index contributed by atoms with van der Waals surface area (Å²) in [6.07, 6.45) is -4.90. The molecule has 1 N–H and O–H groups in total. The quantitative estimate of drug-likeness (QED) is 0.496. The number of halogens is 5. The van der Waals surface area contributed by atoms with E-state index in [1.807, 2.05) is 0 Å². The fourth-order valence-corrected chi connectivity index (χ4v) is 1.45. The van der Waals surface area contributed by atoms with Gasteiger partial charge in [-0.05, 0) is 34.2 Å². The molecule has 1 rings (SSSR count). The molecule has 0 amide bonds. The van der Waals surface area contributed by atoms with Gasteiger partial charge in [0.15, 0.2) is 11.4 Å². The summed E-state index contributed by atoms with van der Waals surface area (Å²) in [7, 11) is 0. The summed E-state index contributed by atoms with van der Waals surface area (Å²) in [5, 5.41) is 8.09. The third kappa shape index (κ3) is 3.37. The van der Waals surface area contributed by atoms with Gasteiger partial charge in [0.2, 0.25) is 0 Å². The number of nitrogens with zero attached hydrogens (tertiary/aromatic N) is 1. The van der Waals surface area contributed by atoms with Gasteiger partial charge in [-0.1, -0.05) is 0 Å². The van der Waals surface area contributed by atoms with Crippen molar-refractivity contribution in [3.8, 4) is 11.5 Å². The van der Waals surface area contributed by atoms with Gasteiger partial charge >= 0.3 is 6.36 Å². The summed E-state index contributed by atoms with van der Waals surface area (Å²) in [6, 6.07) is 0.623. The summed E-state index contributed by atoms with van der Waals surface area (Å²) in [4.78, 5) is 14.1. The van der Waals surface area contributed by atoms with Crippen LogP contribution in [0.15, 0.2) is 6.07 Å². The Labute approximate surface area is 106 Å². The summed E-state index contributed by atoms with van der Waals surface area (Å²) in [6.45, 7) is 0. The van der Waals surface area contributed by atoms with E-state index in [-0.39, 0.29) is 3.70 Å². The minimum atomic E-state index is -4.90. The third-order valence-electron chi connectivity index (χ3n) is 1.34. The van der Waals surface area contributed by atoms with Gasteiger partial charge in [-0.2, -0.15) is 0 Å². The van der Waals surface area contributed by atoms with Crippen molar-refractivity contribution >= 4 is 39.4 Å². The van der Waals surface area contributed by atoms with Gasteiger partial charge in [0.25, 0.3) is 5.24 Å². The minimum absolute atomic E-state index is 0.239. The highest BCUT2D eigenvalue weighted by Gasteiger charge is 2.33. The maximum atomic E-state index is 11.9. The van der Waals surface area contributed by atoms with Crippen molar-refractivity contribution in [1.82, 2.24) is 4.98 Å². The van der Waals surface area contributed by atoms with Gasteiger partial charge < -0.3 is 9.84 Å². The van der Waals surface area contributed by atoms with Gasteiger partial charge in [0.1, 0.15) is 9.45 Å². The van der Waals surface area contributed by atoms with Crippen LogP contribution in [0, 0.1) is 3.70 Å². The normalized spacial score (nSPS) is 11.3. The van der Waals surface area contributed by atoms with Crippen LogP contribution < -0.4 is 4.74 Å². The maximum Gasteiger partial charge on any atom is 0.573 e. The first-order valence-corrected chi connectivity index (χ1v) is 5.01. The van der Waals surface area contributed by atoms with Crippen LogP contribution in [0.25, 0.3) is 0 Å². The van der Waals surface area contributed by atoms with Crippen molar-refractivity contribution in [3.05, 3.63) is 15.5 Å². The second-order valence-electron chi connectivity index (χ2n) is 2.47. The Morgan fingerprint density at radius 2 is 2.12 bits per heavy atom. The predicted molar refractivity (Wildman–Crippen MR) is 55.5 cm³/mol. The monoisotopic (exact) mass is 367 g/mol. The number of pyridine rings is 1. The van der Waals surface area contributed by atoms with Crippen molar-refractivity contribution < 1.29 is 27.8 Å². The molecular weight excluding hydrogens is 365 g/mol. The Morgan fingerprint density at radius 1 is 1.56 bits per heavy atom. The molecule has 0 atom stereocenters. The zero-order chi connectivity index (χ0) is 12.5. The smallest absolute Gasteiger partial charge is 0.505 e. The molecule has 4 nitrogen and oxygen atoms in total. The van der Waals surface area contributed by atoms with E-state index in [4.69, 9.17) is 16.7 Å². The Balaban J connectivity index is 3.16. The number of alkyl halides is 3. The topological polar surface area (TPSA) is 59.4 Å². The number of rotatable bonds is 2. The molecule has 1 aromatic heterocycles. The van der Waals surface area contributed by atoms with Crippen molar-refractivity contribution in [1.29, 1.82) is 0 Å². The molecular formula is C7H2ClF3INO3. The molecule has 0 saturated carbocycles. The van der Waals surface area contributed by atoms with Crippen LogP contribution in [0.1, 0.15) is 10.5 Å². The summed E-state index contributed by atoms with van der Waals surface area (Å²) in [5.74, 6) is -1.48. The van der Waals surface area contributed by atoms with E-state index in [2.05, 4.69) is 9.72 Å². The third-order valence-corrected chi connectivity index (χ3v) is 2.29. The largest absolute Gasteiger partial charge is 0.573 e. The van der Waals surface area contributed by atoms with Crippen LogP contribution in [0.3, 0.4) is 0 Å². The van der Waals surface area contributed by atoms with Crippen LogP contribution >= 0.6 is 34.2 Å². The Bertz CT molecular complexity index is 438. The number of aromatic hydroxyl groups is 1. The maximum absolute atomic E-state index is 11.9. The molecule has 1 heterocycles. The fraction of sp³-hybridized carbons (Fsp3) is 0.143. The van der Waals surface area contributed by atoms with Gasteiger partial charge in [0.05, 0.1) is 0 Å². The van der Waals surface area contributed by atoms with E-state index in [0.29, 0.717) is 6.07 Å². The number of hydrogen-bond acceptors (Lipinski definition) is 4. The van der Waals surface area contributed by atoms with Gasteiger partial charge in [-0.25, -0.2) is 4.98 Å². The number of hydrogen-bond donors (Lipinski definition) is 1. The zero-order valence-corrected chi connectivity index (χ0v) is 10.1. The van der Waals surface area contributed by atoms with Crippen molar-refractivity contribution in [2.24, 2.45) is 0 Å². The van der Waals surface area contributed by atoms with E-state index in [9.17, 15) is 18.0 Å². The molecule has 0 spiro atoms. The first-order chi connectivity index (χ1) is 7.20. The van der Waals surface area contributed by atoms with Gasteiger partial charge in [-0.3, -0.25) is 4.79 Å². The lowest BCUT2D eigenvalue weighted by Crippen LogP contribution is -2.18. The molecule has 16 heavy (non-hydrogen) atoms. The number of ether oxygens (including phenoxy) is 1. The van der Waals surface area contributed by atoms with E-state index in [1.54, 1.807) is 0 Å². The predicted octanol–water partition coefficient (Wildman–Crippen LogP) is 2.67. The minimum Gasteiger partial charge on any atom is -0.505 e. The van der Waals surface area contributed by atoms with Gasteiger partial charge in [-0.15, -0.1) is 13.2 Å². The van der Waals surface area contributed by atoms with Crippen LogP contribution in [0.4, 0.5) is 13.2 Å². The van der Waals surface area contributed by atoms with Crippen molar-refractivity contribution in [2.75, 3.05) is 0 Å². The highest BCUT2D eigenvalue weighted by atomic mass is 127. The second-order valence-corrected chi connectivity index (χ2v) is 3.83. The molecule has 88 valence electrons. The standard InChI is InChI=1S/C7H2ClF3INO3/c8-5(15)4-2(14)1-3(6(12)13-4)16-7(9,10)11/h1,14H. The molecule has 0 fully saturated rings.